The first-order valence-electron chi connectivity index (χ1n) is 7.55. The maximum atomic E-state index is 2.43. The highest BCUT2D eigenvalue weighted by Gasteiger charge is 2.23. The normalized spacial score (nSPS) is 18.1. The lowest BCUT2D eigenvalue weighted by molar-refractivity contribution is 0.369. The Labute approximate surface area is 119 Å². The van der Waals surface area contributed by atoms with Gasteiger partial charge in [0.1, 0.15) is 0 Å². The molecule has 0 saturated heterocycles. The molecule has 0 saturated carbocycles. The molecule has 0 radical (unpaired) electrons. The summed E-state index contributed by atoms with van der Waals surface area (Å²) in [6.07, 6.45) is 8.30. The molecule has 2 aromatic rings. The molecule has 0 heterocycles. The predicted octanol–water partition coefficient (Wildman–Crippen LogP) is 3.06. The second-order valence-electron chi connectivity index (χ2n) is 6.90. The van der Waals surface area contributed by atoms with Gasteiger partial charge < -0.3 is 0 Å². The molecule has 0 aliphatic heterocycles. The van der Waals surface area contributed by atoms with E-state index < -0.39 is 0 Å². The Kier molecular flexibility index (Phi) is 2.44. The average molecular weight is 260 g/mol. The van der Waals surface area contributed by atoms with Gasteiger partial charge in [0, 0.05) is 0 Å². The SMILES string of the molecule is CC1(C)CC=c2ccc3c(c2C1)CC=c1ccccc1=3. The van der Waals surface area contributed by atoms with Crippen molar-refractivity contribution in [2.75, 3.05) is 0 Å². The summed E-state index contributed by atoms with van der Waals surface area (Å²) >= 11 is 0. The summed E-state index contributed by atoms with van der Waals surface area (Å²) in [5, 5.41) is 5.71. The van der Waals surface area contributed by atoms with Crippen LogP contribution >= 0.6 is 0 Å². The second-order valence-corrected chi connectivity index (χ2v) is 6.90. The topological polar surface area (TPSA) is 0 Å². The van der Waals surface area contributed by atoms with Crippen molar-refractivity contribution in [1.82, 2.24) is 0 Å². The smallest absolute Gasteiger partial charge is 0.00791 e. The van der Waals surface area contributed by atoms with Crippen LogP contribution in [0, 0.1) is 15.9 Å². The van der Waals surface area contributed by atoms with Crippen LogP contribution in [0.15, 0.2) is 36.4 Å². The Morgan fingerprint density at radius 3 is 2.55 bits per heavy atom. The van der Waals surface area contributed by atoms with Crippen LogP contribution in [0.3, 0.4) is 0 Å². The number of benzene rings is 2. The summed E-state index contributed by atoms with van der Waals surface area (Å²) in [6, 6.07) is 13.4. The third kappa shape index (κ3) is 1.75. The van der Waals surface area contributed by atoms with Crippen molar-refractivity contribution in [3.8, 4) is 0 Å². The predicted molar refractivity (Wildman–Crippen MR) is 84.5 cm³/mol. The Hall–Kier alpha value is -1.82. The van der Waals surface area contributed by atoms with E-state index in [-0.39, 0.29) is 0 Å². The Bertz CT molecular complexity index is 898. The first-order valence-corrected chi connectivity index (χ1v) is 7.55. The van der Waals surface area contributed by atoms with E-state index in [0.717, 1.165) is 6.42 Å². The molecule has 0 N–H and O–H groups in total. The van der Waals surface area contributed by atoms with Gasteiger partial charge in [0.15, 0.2) is 0 Å². The largest absolute Gasteiger partial charge is 0.0764 e. The second kappa shape index (κ2) is 4.09. The highest BCUT2D eigenvalue weighted by Crippen LogP contribution is 2.30. The molecule has 0 spiro atoms. The highest BCUT2D eigenvalue weighted by atomic mass is 14.3. The van der Waals surface area contributed by atoms with Crippen LogP contribution in [0.1, 0.15) is 31.4 Å². The molecule has 0 heteroatoms. The zero-order valence-electron chi connectivity index (χ0n) is 12.2. The molecule has 4 rings (SSSR count). The fourth-order valence-electron chi connectivity index (χ4n) is 3.67. The van der Waals surface area contributed by atoms with Gasteiger partial charge in [-0.05, 0) is 56.7 Å². The number of hydrogen-bond acceptors (Lipinski definition) is 0. The van der Waals surface area contributed by atoms with Crippen LogP contribution in [-0.2, 0) is 12.8 Å². The molecule has 0 atom stereocenters. The zero-order valence-corrected chi connectivity index (χ0v) is 12.2. The summed E-state index contributed by atoms with van der Waals surface area (Å²) in [7, 11) is 0. The third-order valence-electron chi connectivity index (χ3n) is 4.77. The van der Waals surface area contributed by atoms with Crippen molar-refractivity contribution in [2.24, 2.45) is 5.41 Å². The van der Waals surface area contributed by atoms with Gasteiger partial charge in [0.2, 0.25) is 0 Å². The lowest BCUT2D eigenvalue weighted by Gasteiger charge is -2.29. The quantitative estimate of drug-likeness (QED) is 0.683. The standard InChI is InChI=1S/C20H20/c1-20(2)12-11-15-8-9-17-16-6-4-3-5-14(16)7-10-18(17)19(15)13-20/h3-9,11H,10,12-13H2,1-2H3. The van der Waals surface area contributed by atoms with Crippen molar-refractivity contribution in [3.63, 3.8) is 0 Å². The zero-order chi connectivity index (χ0) is 13.7. The highest BCUT2D eigenvalue weighted by molar-refractivity contribution is 5.48. The number of rotatable bonds is 0. The van der Waals surface area contributed by atoms with Crippen molar-refractivity contribution in [3.05, 3.63) is 68.4 Å². The monoisotopic (exact) mass is 260 g/mol. The summed E-state index contributed by atoms with van der Waals surface area (Å²) < 4.78 is 0. The first-order chi connectivity index (χ1) is 9.64. The van der Waals surface area contributed by atoms with Crippen molar-refractivity contribution in [1.29, 1.82) is 0 Å². The molecule has 0 amide bonds. The van der Waals surface area contributed by atoms with E-state index in [4.69, 9.17) is 0 Å². The molecule has 2 aliphatic carbocycles. The van der Waals surface area contributed by atoms with Crippen LogP contribution in [0.25, 0.3) is 12.2 Å². The molecule has 2 aliphatic rings. The van der Waals surface area contributed by atoms with E-state index >= 15 is 0 Å². The number of fused-ring (bicyclic) bond motifs is 4. The van der Waals surface area contributed by atoms with E-state index in [0.29, 0.717) is 5.41 Å². The van der Waals surface area contributed by atoms with Gasteiger partial charge in [-0.3, -0.25) is 0 Å². The summed E-state index contributed by atoms with van der Waals surface area (Å²) in [6.45, 7) is 4.76. The van der Waals surface area contributed by atoms with Gasteiger partial charge in [0.25, 0.3) is 0 Å². The minimum Gasteiger partial charge on any atom is -0.0764 e. The van der Waals surface area contributed by atoms with Crippen molar-refractivity contribution < 1.29 is 0 Å². The number of hydrogen-bond donors (Lipinski definition) is 0. The molecular formula is C20H20. The van der Waals surface area contributed by atoms with Gasteiger partial charge in [-0.15, -0.1) is 0 Å². The lowest BCUT2D eigenvalue weighted by atomic mass is 9.76. The Balaban J connectivity index is 2.15. The minimum atomic E-state index is 0.402. The molecular weight excluding hydrogens is 240 g/mol. The van der Waals surface area contributed by atoms with Crippen molar-refractivity contribution >= 4 is 12.2 Å². The Morgan fingerprint density at radius 1 is 0.800 bits per heavy atom. The lowest BCUT2D eigenvalue weighted by Crippen LogP contribution is -2.28. The molecule has 2 aromatic carbocycles. The van der Waals surface area contributed by atoms with Gasteiger partial charge in [-0.2, -0.15) is 0 Å². The van der Waals surface area contributed by atoms with Gasteiger partial charge >= 0.3 is 0 Å². The molecule has 0 aromatic heterocycles. The van der Waals surface area contributed by atoms with Gasteiger partial charge in [-0.1, -0.05) is 62.4 Å². The third-order valence-corrected chi connectivity index (χ3v) is 4.77. The summed E-state index contributed by atoms with van der Waals surface area (Å²) in [5.41, 5.74) is 3.55. The Morgan fingerprint density at radius 2 is 1.65 bits per heavy atom. The van der Waals surface area contributed by atoms with Crippen molar-refractivity contribution in [2.45, 2.75) is 33.1 Å². The van der Waals surface area contributed by atoms with E-state index in [1.54, 1.807) is 11.1 Å². The van der Waals surface area contributed by atoms with Crippen LogP contribution in [0.5, 0.6) is 0 Å². The molecule has 0 unspecified atom stereocenters. The van der Waals surface area contributed by atoms with E-state index in [2.05, 4.69) is 62.4 Å². The molecule has 0 nitrogen and oxygen atoms in total. The van der Waals surface area contributed by atoms with Crippen LogP contribution in [0.4, 0.5) is 0 Å². The van der Waals surface area contributed by atoms with Crippen LogP contribution < -0.4 is 10.4 Å². The summed E-state index contributed by atoms with van der Waals surface area (Å²) in [5.74, 6) is 0. The molecule has 100 valence electrons. The average Bonchev–Trinajstić information content (AvgIpc) is 2.45. The van der Waals surface area contributed by atoms with Crippen LogP contribution in [0.2, 0.25) is 0 Å². The van der Waals surface area contributed by atoms with Crippen LogP contribution in [-0.4, -0.2) is 0 Å². The summed E-state index contributed by atoms with van der Waals surface area (Å²) in [4.78, 5) is 0. The first kappa shape index (κ1) is 12.0. The minimum absolute atomic E-state index is 0.402. The van der Waals surface area contributed by atoms with Gasteiger partial charge in [-0.25, -0.2) is 0 Å². The van der Waals surface area contributed by atoms with E-state index in [1.165, 1.54) is 33.7 Å². The van der Waals surface area contributed by atoms with E-state index in [9.17, 15) is 0 Å². The molecule has 0 bridgehead atoms. The fraction of sp³-hybridized carbons (Fsp3) is 0.300. The maximum Gasteiger partial charge on any atom is -0.00791 e. The van der Waals surface area contributed by atoms with E-state index in [1.807, 2.05) is 0 Å². The molecule has 0 fully saturated rings. The fourth-order valence-corrected chi connectivity index (χ4v) is 3.67. The molecule has 20 heavy (non-hydrogen) atoms. The maximum absolute atomic E-state index is 2.43. The van der Waals surface area contributed by atoms with Gasteiger partial charge in [0.05, 0.1) is 0 Å².